The minimum absolute atomic E-state index is 0.137. The number of hydrogen-bond donors (Lipinski definition) is 2. The Hall–Kier alpha value is -1.44. The van der Waals surface area contributed by atoms with Gasteiger partial charge >= 0.3 is 0 Å². The van der Waals surface area contributed by atoms with Gasteiger partial charge in [-0.1, -0.05) is 0 Å². The first-order chi connectivity index (χ1) is 13.0. The SMILES string of the molecule is C[C@@H]1CCCC[NH+]1CCCNC(=O)c1ccc(S(=O)(=O)N2CCCC2)cc1. The standard InChI is InChI=1S/C20H31N3O3S/c1-17-7-2-3-13-22(17)14-6-12-21-20(24)18-8-10-19(11-9-18)27(25,26)23-15-4-5-16-23/h8-11,17H,2-7,12-16H2,1H3,(H,21,24)/p+1/t17-/m1/s1. The van der Waals surface area contributed by atoms with E-state index in [0.29, 0.717) is 25.2 Å². The molecule has 0 aliphatic carbocycles. The molecule has 2 aliphatic heterocycles. The van der Waals surface area contributed by atoms with Crippen molar-refractivity contribution in [3.05, 3.63) is 29.8 Å². The van der Waals surface area contributed by atoms with Gasteiger partial charge in [-0.25, -0.2) is 8.42 Å². The summed E-state index contributed by atoms with van der Waals surface area (Å²) in [5.41, 5.74) is 0.508. The van der Waals surface area contributed by atoms with E-state index in [2.05, 4.69) is 12.2 Å². The van der Waals surface area contributed by atoms with E-state index in [9.17, 15) is 13.2 Å². The van der Waals surface area contributed by atoms with Crippen LogP contribution in [0, 0.1) is 0 Å². The lowest BCUT2D eigenvalue weighted by atomic mass is 10.0. The summed E-state index contributed by atoms with van der Waals surface area (Å²) >= 11 is 0. The van der Waals surface area contributed by atoms with E-state index in [4.69, 9.17) is 0 Å². The Morgan fingerprint density at radius 1 is 1.15 bits per heavy atom. The van der Waals surface area contributed by atoms with Gasteiger partial charge in [0.2, 0.25) is 10.0 Å². The highest BCUT2D eigenvalue weighted by molar-refractivity contribution is 7.89. The zero-order valence-electron chi connectivity index (χ0n) is 16.2. The average Bonchev–Trinajstić information content (AvgIpc) is 3.22. The van der Waals surface area contributed by atoms with Crippen molar-refractivity contribution in [1.82, 2.24) is 9.62 Å². The summed E-state index contributed by atoms with van der Waals surface area (Å²) in [6.45, 7) is 6.47. The van der Waals surface area contributed by atoms with E-state index in [0.717, 1.165) is 31.8 Å². The number of nitrogens with zero attached hydrogens (tertiary/aromatic N) is 1. The van der Waals surface area contributed by atoms with Crippen LogP contribution in [-0.4, -0.2) is 57.4 Å². The van der Waals surface area contributed by atoms with Gasteiger partial charge in [-0.05, 0) is 63.3 Å². The molecule has 2 aliphatic rings. The number of hydrogen-bond acceptors (Lipinski definition) is 3. The molecule has 2 heterocycles. The van der Waals surface area contributed by atoms with E-state index in [1.54, 1.807) is 29.2 Å². The van der Waals surface area contributed by atoms with Crippen molar-refractivity contribution in [1.29, 1.82) is 0 Å². The Labute approximate surface area is 163 Å². The first kappa shape index (κ1) is 20.3. The van der Waals surface area contributed by atoms with Gasteiger partial charge in [0.1, 0.15) is 0 Å². The summed E-state index contributed by atoms with van der Waals surface area (Å²) in [5, 5.41) is 2.95. The maximum atomic E-state index is 12.5. The summed E-state index contributed by atoms with van der Waals surface area (Å²) in [7, 11) is -3.42. The molecule has 7 heteroatoms. The Morgan fingerprint density at radius 2 is 1.85 bits per heavy atom. The summed E-state index contributed by atoms with van der Waals surface area (Å²) in [6, 6.07) is 7.02. The molecule has 27 heavy (non-hydrogen) atoms. The van der Waals surface area contributed by atoms with Gasteiger partial charge in [0.25, 0.3) is 5.91 Å². The maximum absolute atomic E-state index is 12.5. The van der Waals surface area contributed by atoms with Gasteiger partial charge in [-0.15, -0.1) is 0 Å². The third kappa shape index (κ3) is 5.09. The van der Waals surface area contributed by atoms with Crippen molar-refractivity contribution >= 4 is 15.9 Å². The molecule has 1 aromatic rings. The first-order valence-corrected chi connectivity index (χ1v) is 11.7. The van der Waals surface area contributed by atoms with E-state index in [1.165, 1.54) is 30.1 Å². The van der Waals surface area contributed by atoms with E-state index < -0.39 is 10.0 Å². The number of amides is 1. The summed E-state index contributed by atoms with van der Waals surface area (Å²) < 4.78 is 26.6. The summed E-state index contributed by atoms with van der Waals surface area (Å²) in [5.74, 6) is -0.137. The fourth-order valence-corrected chi connectivity index (χ4v) is 5.62. The minimum atomic E-state index is -3.42. The summed E-state index contributed by atoms with van der Waals surface area (Å²) in [6.07, 6.45) is 6.74. The van der Waals surface area contributed by atoms with E-state index in [-0.39, 0.29) is 10.8 Å². The lowest BCUT2D eigenvalue weighted by molar-refractivity contribution is -0.928. The molecule has 6 nitrogen and oxygen atoms in total. The number of benzene rings is 1. The smallest absolute Gasteiger partial charge is 0.251 e. The molecule has 0 spiro atoms. The third-order valence-corrected chi connectivity index (χ3v) is 7.77. The number of quaternary nitrogens is 1. The van der Waals surface area contributed by atoms with Gasteiger partial charge in [0.15, 0.2) is 0 Å². The monoisotopic (exact) mass is 394 g/mol. The second-order valence-corrected chi connectivity index (χ2v) is 9.74. The fraction of sp³-hybridized carbons (Fsp3) is 0.650. The van der Waals surface area contributed by atoms with E-state index >= 15 is 0 Å². The first-order valence-electron chi connectivity index (χ1n) is 10.2. The van der Waals surface area contributed by atoms with Crippen molar-refractivity contribution in [3.63, 3.8) is 0 Å². The van der Waals surface area contributed by atoms with Gasteiger partial charge in [-0.2, -0.15) is 4.31 Å². The van der Waals surface area contributed by atoms with Crippen LogP contribution in [0.5, 0.6) is 0 Å². The Balaban J connectivity index is 1.47. The second kappa shape index (κ2) is 9.17. The van der Waals surface area contributed by atoms with Crippen LogP contribution >= 0.6 is 0 Å². The molecule has 2 saturated heterocycles. The topological polar surface area (TPSA) is 70.9 Å². The molecule has 2 N–H and O–H groups in total. The molecule has 1 aromatic carbocycles. The maximum Gasteiger partial charge on any atom is 0.251 e. The molecule has 1 amide bonds. The number of carbonyl (C=O) groups is 1. The van der Waals surface area contributed by atoms with Crippen LogP contribution in [0.4, 0.5) is 0 Å². The molecule has 2 atom stereocenters. The van der Waals surface area contributed by atoms with Crippen molar-refractivity contribution in [2.24, 2.45) is 0 Å². The third-order valence-electron chi connectivity index (χ3n) is 5.86. The van der Waals surface area contributed by atoms with Crippen LogP contribution in [0.3, 0.4) is 0 Å². The highest BCUT2D eigenvalue weighted by atomic mass is 32.2. The predicted octanol–water partition coefficient (Wildman–Crippen LogP) is 1.05. The zero-order chi connectivity index (χ0) is 19.3. The molecule has 2 fully saturated rings. The minimum Gasteiger partial charge on any atom is -0.352 e. The molecular weight excluding hydrogens is 362 g/mol. The van der Waals surface area contributed by atoms with Gasteiger partial charge < -0.3 is 10.2 Å². The van der Waals surface area contributed by atoms with E-state index in [1.807, 2.05) is 0 Å². The van der Waals surface area contributed by atoms with Crippen molar-refractivity contribution < 1.29 is 18.1 Å². The van der Waals surface area contributed by atoms with Crippen LogP contribution in [-0.2, 0) is 10.0 Å². The largest absolute Gasteiger partial charge is 0.352 e. The lowest BCUT2D eigenvalue weighted by Gasteiger charge is -2.30. The number of nitrogens with one attached hydrogen (secondary N) is 2. The second-order valence-electron chi connectivity index (χ2n) is 7.80. The van der Waals surface area contributed by atoms with Crippen LogP contribution in [0.25, 0.3) is 0 Å². The molecule has 0 bridgehead atoms. The number of sulfonamides is 1. The Morgan fingerprint density at radius 3 is 2.52 bits per heavy atom. The lowest BCUT2D eigenvalue weighted by Crippen LogP contribution is -3.16. The quantitative estimate of drug-likeness (QED) is 0.679. The molecule has 0 saturated carbocycles. The highest BCUT2D eigenvalue weighted by Gasteiger charge is 2.27. The van der Waals surface area contributed by atoms with Gasteiger partial charge in [0, 0.05) is 31.6 Å². The molecule has 0 aromatic heterocycles. The molecule has 1 unspecified atom stereocenters. The van der Waals surface area contributed by atoms with Crippen molar-refractivity contribution in [2.75, 3.05) is 32.7 Å². The molecule has 3 rings (SSSR count). The number of carbonyl (C=O) groups excluding carboxylic acids is 1. The normalized spacial score (nSPS) is 24.0. The van der Waals surface area contributed by atoms with Crippen LogP contribution < -0.4 is 10.2 Å². The fourth-order valence-electron chi connectivity index (χ4n) is 4.10. The van der Waals surface area contributed by atoms with Crippen LogP contribution in [0.15, 0.2) is 29.2 Å². The summed E-state index contributed by atoms with van der Waals surface area (Å²) in [4.78, 5) is 14.2. The van der Waals surface area contributed by atoms with Gasteiger partial charge in [-0.3, -0.25) is 4.79 Å². The zero-order valence-corrected chi connectivity index (χ0v) is 17.1. The number of piperidine rings is 1. The average molecular weight is 395 g/mol. The Kier molecular flexibility index (Phi) is 6.89. The predicted molar refractivity (Wildman–Crippen MR) is 105 cm³/mol. The number of likely N-dealkylation sites (tertiary alicyclic amines) is 1. The molecule has 150 valence electrons. The molecule has 0 radical (unpaired) electrons. The van der Waals surface area contributed by atoms with Gasteiger partial charge in [0.05, 0.1) is 24.0 Å². The van der Waals surface area contributed by atoms with Crippen molar-refractivity contribution in [2.45, 2.75) is 56.4 Å². The van der Waals surface area contributed by atoms with Crippen LogP contribution in [0.2, 0.25) is 0 Å². The Bertz CT molecular complexity index is 727. The molecular formula is C20H32N3O3S+. The highest BCUT2D eigenvalue weighted by Crippen LogP contribution is 2.21. The van der Waals surface area contributed by atoms with Crippen molar-refractivity contribution in [3.8, 4) is 0 Å². The van der Waals surface area contributed by atoms with Crippen LogP contribution in [0.1, 0.15) is 55.8 Å². The number of rotatable bonds is 7.